The molecule has 0 radical (unpaired) electrons. The molecule has 3 aromatic rings. The molecule has 0 atom stereocenters. The standard InChI is InChI=1S/C21H27ClN4O3S/c1-13(2)10-19-24-18(25-29-19)12-30-21-23-17-11-15(22)6-7-16(17)20(27)26(21)8-5-9-28-14(3)4/h6-7,11,13-14H,5,8-10,12H2,1-4H3. The highest BCUT2D eigenvalue weighted by Gasteiger charge is 2.15. The zero-order valence-corrected chi connectivity index (χ0v) is 19.3. The predicted octanol–water partition coefficient (Wildman–Crippen LogP) is 4.74. The fourth-order valence-electron chi connectivity index (χ4n) is 2.93. The highest BCUT2D eigenvalue weighted by molar-refractivity contribution is 7.98. The first kappa shape index (κ1) is 22.8. The van der Waals surface area contributed by atoms with Gasteiger partial charge in [-0.15, -0.1) is 0 Å². The van der Waals surface area contributed by atoms with Gasteiger partial charge in [-0.05, 0) is 44.4 Å². The maximum absolute atomic E-state index is 13.1. The van der Waals surface area contributed by atoms with Crippen LogP contribution in [0.1, 0.15) is 45.8 Å². The molecule has 2 heterocycles. The summed E-state index contributed by atoms with van der Waals surface area (Å²) in [5, 5.41) is 5.75. The average molecular weight is 451 g/mol. The molecule has 2 aromatic heterocycles. The summed E-state index contributed by atoms with van der Waals surface area (Å²) in [5.74, 6) is 2.12. The molecule has 0 N–H and O–H groups in total. The number of nitrogens with zero attached hydrogens (tertiary/aromatic N) is 4. The van der Waals surface area contributed by atoms with E-state index in [2.05, 4.69) is 24.0 Å². The third kappa shape index (κ3) is 6.06. The van der Waals surface area contributed by atoms with Crippen LogP contribution in [0.4, 0.5) is 0 Å². The van der Waals surface area contributed by atoms with Crippen LogP contribution in [0.5, 0.6) is 0 Å². The molecule has 1 aromatic carbocycles. The SMILES string of the molecule is CC(C)Cc1nc(CSc2nc3cc(Cl)ccc3c(=O)n2CCCOC(C)C)no1. The van der Waals surface area contributed by atoms with Crippen molar-refractivity contribution < 1.29 is 9.26 Å². The summed E-state index contributed by atoms with van der Waals surface area (Å²) < 4.78 is 12.6. The molecule has 0 unspecified atom stereocenters. The fraction of sp³-hybridized carbons (Fsp3) is 0.524. The second-order valence-corrected chi connectivity index (χ2v) is 9.16. The zero-order valence-electron chi connectivity index (χ0n) is 17.7. The Kier molecular flexibility index (Phi) is 7.91. The molecule has 0 aliphatic heterocycles. The summed E-state index contributed by atoms with van der Waals surface area (Å²) in [6.45, 7) is 9.29. The number of hydrogen-bond acceptors (Lipinski definition) is 7. The number of fused-ring (bicyclic) bond motifs is 1. The van der Waals surface area contributed by atoms with Gasteiger partial charge < -0.3 is 9.26 Å². The number of ether oxygens (including phenoxy) is 1. The average Bonchev–Trinajstić information content (AvgIpc) is 3.11. The van der Waals surface area contributed by atoms with Crippen LogP contribution in [0.3, 0.4) is 0 Å². The van der Waals surface area contributed by atoms with E-state index in [1.54, 1.807) is 22.8 Å². The lowest BCUT2D eigenvalue weighted by Gasteiger charge is -2.13. The quantitative estimate of drug-likeness (QED) is 0.250. The largest absolute Gasteiger partial charge is 0.379 e. The van der Waals surface area contributed by atoms with E-state index in [0.717, 1.165) is 6.42 Å². The number of halogens is 1. The maximum atomic E-state index is 13.1. The van der Waals surface area contributed by atoms with Crippen molar-refractivity contribution in [3.63, 3.8) is 0 Å². The molecule has 0 saturated heterocycles. The first-order chi connectivity index (χ1) is 14.3. The van der Waals surface area contributed by atoms with Crippen LogP contribution in [0.25, 0.3) is 10.9 Å². The van der Waals surface area contributed by atoms with Crippen molar-refractivity contribution in [2.24, 2.45) is 5.92 Å². The van der Waals surface area contributed by atoms with E-state index in [1.807, 2.05) is 13.8 Å². The van der Waals surface area contributed by atoms with Gasteiger partial charge in [-0.1, -0.05) is 42.4 Å². The topological polar surface area (TPSA) is 83.0 Å². The van der Waals surface area contributed by atoms with Gasteiger partial charge in [0, 0.05) is 24.6 Å². The summed E-state index contributed by atoms with van der Waals surface area (Å²) >= 11 is 7.52. The third-order valence-electron chi connectivity index (χ3n) is 4.28. The monoisotopic (exact) mass is 450 g/mol. The van der Waals surface area contributed by atoms with Crippen molar-refractivity contribution >= 4 is 34.3 Å². The number of aromatic nitrogens is 4. The Labute approximate surface area is 185 Å². The predicted molar refractivity (Wildman–Crippen MR) is 119 cm³/mol. The molecule has 0 saturated carbocycles. The Bertz CT molecular complexity index is 1050. The van der Waals surface area contributed by atoms with E-state index in [-0.39, 0.29) is 11.7 Å². The molecule has 30 heavy (non-hydrogen) atoms. The van der Waals surface area contributed by atoms with E-state index < -0.39 is 0 Å². The Morgan fingerprint density at radius 1 is 1.23 bits per heavy atom. The molecular weight excluding hydrogens is 424 g/mol. The molecule has 162 valence electrons. The lowest BCUT2D eigenvalue weighted by atomic mass is 10.1. The summed E-state index contributed by atoms with van der Waals surface area (Å²) in [6.07, 6.45) is 1.61. The molecule has 0 spiro atoms. The van der Waals surface area contributed by atoms with Crippen molar-refractivity contribution in [1.82, 2.24) is 19.7 Å². The van der Waals surface area contributed by atoms with Gasteiger partial charge in [0.05, 0.1) is 22.8 Å². The number of hydrogen-bond donors (Lipinski definition) is 0. The third-order valence-corrected chi connectivity index (χ3v) is 5.49. The molecular formula is C21H27ClN4O3S. The van der Waals surface area contributed by atoms with Crippen LogP contribution in [0.2, 0.25) is 5.02 Å². The molecule has 3 rings (SSSR count). The minimum atomic E-state index is -0.0858. The Morgan fingerprint density at radius 3 is 2.77 bits per heavy atom. The minimum absolute atomic E-state index is 0.0858. The molecule has 9 heteroatoms. The van der Waals surface area contributed by atoms with Crippen molar-refractivity contribution in [1.29, 1.82) is 0 Å². The lowest BCUT2D eigenvalue weighted by Crippen LogP contribution is -2.24. The van der Waals surface area contributed by atoms with Crippen LogP contribution < -0.4 is 5.56 Å². The van der Waals surface area contributed by atoms with Crippen molar-refractivity contribution in [3.8, 4) is 0 Å². The van der Waals surface area contributed by atoms with Crippen LogP contribution in [0, 0.1) is 5.92 Å². The van der Waals surface area contributed by atoms with Crippen molar-refractivity contribution in [2.45, 2.75) is 64.1 Å². The highest BCUT2D eigenvalue weighted by Crippen LogP contribution is 2.23. The Morgan fingerprint density at radius 2 is 2.03 bits per heavy atom. The fourth-order valence-corrected chi connectivity index (χ4v) is 3.97. The highest BCUT2D eigenvalue weighted by atomic mass is 35.5. The minimum Gasteiger partial charge on any atom is -0.379 e. The van der Waals surface area contributed by atoms with Gasteiger partial charge in [0.15, 0.2) is 11.0 Å². The number of rotatable bonds is 10. The molecule has 0 aliphatic carbocycles. The zero-order chi connectivity index (χ0) is 21.7. The summed E-state index contributed by atoms with van der Waals surface area (Å²) in [4.78, 5) is 22.2. The van der Waals surface area contributed by atoms with Gasteiger partial charge in [-0.2, -0.15) is 4.98 Å². The van der Waals surface area contributed by atoms with E-state index >= 15 is 0 Å². The van der Waals surface area contributed by atoms with Crippen molar-refractivity contribution in [2.75, 3.05) is 6.61 Å². The van der Waals surface area contributed by atoms with Crippen LogP contribution in [-0.2, 0) is 23.5 Å². The van der Waals surface area contributed by atoms with Gasteiger partial charge in [-0.3, -0.25) is 9.36 Å². The van der Waals surface area contributed by atoms with Gasteiger partial charge in [0.1, 0.15) is 0 Å². The normalized spacial score (nSPS) is 11.8. The van der Waals surface area contributed by atoms with Gasteiger partial charge in [-0.25, -0.2) is 4.98 Å². The number of thioether (sulfide) groups is 1. The van der Waals surface area contributed by atoms with Crippen molar-refractivity contribution in [3.05, 3.63) is 45.3 Å². The molecule has 0 fully saturated rings. The molecule has 7 nitrogen and oxygen atoms in total. The smallest absolute Gasteiger partial charge is 0.262 e. The van der Waals surface area contributed by atoms with Crippen LogP contribution >= 0.6 is 23.4 Å². The van der Waals surface area contributed by atoms with Crippen LogP contribution in [-0.4, -0.2) is 32.4 Å². The lowest BCUT2D eigenvalue weighted by molar-refractivity contribution is 0.0743. The van der Waals surface area contributed by atoms with Gasteiger partial charge in [0.2, 0.25) is 5.89 Å². The Balaban J connectivity index is 1.83. The van der Waals surface area contributed by atoms with E-state index in [9.17, 15) is 4.79 Å². The summed E-state index contributed by atoms with van der Waals surface area (Å²) in [5.41, 5.74) is 0.496. The van der Waals surface area contributed by atoms with Gasteiger partial charge in [0.25, 0.3) is 5.56 Å². The Hall–Kier alpha value is -1.90. The van der Waals surface area contributed by atoms with E-state index in [1.165, 1.54) is 11.8 Å². The van der Waals surface area contributed by atoms with Crippen LogP contribution in [0.15, 0.2) is 32.7 Å². The molecule has 0 bridgehead atoms. The van der Waals surface area contributed by atoms with E-state index in [4.69, 9.17) is 25.8 Å². The van der Waals surface area contributed by atoms with Gasteiger partial charge >= 0.3 is 0 Å². The molecule has 0 aliphatic rings. The first-order valence-corrected chi connectivity index (χ1v) is 11.5. The second-order valence-electron chi connectivity index (χ2n) is 7.78. The summed E-state index contributed by atoms with van der Waals surface area (Å²) in [7, 11) is 0. The first-order valence-electron chi connectivity index (χ1n) is 10.1. The maximum Gasteiger partial charge on any atom is 0.262 e. The summed E-state index contributed by atoms with van der Waals surface area (Å²) in [6, 6.07) is 5.14. The molecule has 0 amide bonds. The second kappa shape index (κ2) is 10.4. The van der Waals surface area contributed by atoms with E-state index in [0.29, 0.717) is 64.0 Å². The number of benzene rings is 1.